The first-order valence-corrected chi connectivity index (χ1v) is 6.83. The molecule has 19 heavy (non-hydrogen) atoms. The van der Waals surface area contributed by atoms with Gasteiger partial charge in [0.1, 0.15) is 0 Å². The smallest absolute Gasteiger partial charge is 0.254 e. The lowest BCUT2D eigenvalue weighted by Crippen LogP contribution is -2.23. The molecule has 0 saturated heterocycles. The number of rotatable bonds is 3. The summed E-state index contributed by atoms with van der Waals surface area (Å²) in [5.74, 6) is -0.349. The third-order valence-electron chi connectivity index (χ3n) is 2.36. The van der Waals surface area contributed by atoms with E-state index < -0.39 is 0 Å². The van der Waals surface area contributed by atoms with Crippen molar-refractivity contribution >= 4 is 45.0 Å². The maximum absolute atomic E-state index is 12.0. The lowest BCUT2D eigenvalue weighted by Gasteiger charge is -2.07. The predicted octanol–water partition coefficient (Wildman–Crippen LogP) is 3.48. The zero-order valence-electron chi connectivity index (χ0n) is 9.53. The molecule has 98 valence electrons. The number of halogens is 3. The molecule has 0 aliphatic carbocycles. The van der Waals surface area contributed by atoms with Crippen LogP contribution in [0.4, 0.5) is 0 Å². The minimum Gasteiger partial charge on any atom is -0.348 e. The quantitative estimate of drug-likeness (QED) is 0.911. The van der Waals surface area contributed by atoms with Crippen molar-refractivity contribution in [2.24, 2.45) is 0 Å². The summed E-state index contributed by atoms with van der Waals surface area (Å²) in [6.45, 7) is 0.372. The SMILES string of the molecule is O=C(NCc1ccccc1Br)c1cc(Cl)nnc1Cl. The van der Waals surface area contributed by atoms with Crippen molar-refractivity contribution in [3.8, 4) is 0 Å². The Labute approximate surface area is 128 Å². The predicted molar refractivity (Wildman–Crippen MR) is 77.4 cm³/mol. The van der Waals surface area contributed by atoms with Gasteiger partial charge in [0.25, 0.3) is 5.91 Å². The fraction of sp³-hybridized carbons (Fsp3) is 0.0833. The highest BCUT2D eigenvalue weighted by atomic mass is 79.9. The van der Waals surface area contributed by atoms with E-state index in [9.17, 15) is 4.79 Å². The molecule has 0 saturated carbocycles. The van der Waals surface area contributed by atoms with E-state index in [0.29, 0.717) is 6.54 Å². The van der Waals surface area contributed by atoms with Crippen molar-refractivity contribution in [3.05, 3.63) is 56.2 Å². The summed E-state index contributed by atoms with van der Waals surface area (Å²) in [6, 6.07) is 8.98. The van der Waals surface area contributed by atoms with Crippen LogP contribution >= 0.6 is 39.1 Å². The molecule has 1 heterocycles. The number of amides is 1. The van der Waals surface area contributed by atoms with Gasteiger partial charge in [0.15, 0.2) is 10.3 Å². The van der Waals surface area contributed by atoms with Crippen LogP contribution in [0.3, 0.4) is 0 Å². The summed E-state index contributed by atoms with van der Waals surface area (Å²) >= 11 is 14.9. The molecule has 0 unspecified atom stereocenters. The zero-order valence-corrected chi connectivity index (χ0v) is 12.6. The minimum absolute atomic E-state index is 0.0222. The third-order valence-corrected chi connectivity index (χ3v) is 3.60. The van der Waals surface area contributed by atoms with Crippen molar-refractivity contribution in [2.75, 3.05) is 0 Å². The zero-order chi connectivity index (χ0) is 13.8. The second-order valence-electron chi connectivity index (χ2n) is 3.65. The molecular weight excluding hydrogens is 353 g/mol. The monoisotopic (exact) mass is 359 g/mol. The summed E-state index contributed by atoms with van der Waals surface area (Å²) in [4.78, 5) is 12.0. The normalized spacial score (nSPS) is 10.3. The highest BCUT2D eigenvalue weighted by molar-refractivity contribution is 9.10. The summed E-state index contributed by atoms with van der Waals surface area (Å²) in [5, 5.41) is 10.0. The van der Waals surface area contributed by atoms with Crippen molar-refractivity contribution < 1.29 is 4.79 Å². The van der Waals surface area contributed by atoms with E-state index in [4.69, 9.17) is 23.2 Å². The summed E-state index contributed by atoms with van der Waals surface area (Å²) in [7, 11) is 0. The maximum atomic E-state index is 12.0. The highest BCUT2D eigenvalue weighted by Gasteiger charge is 2.13. The van der Waals surface area contributed by atoms with E-state index in [-0.39, 0.29) is 21.8 Å². The van der Waals surface area contributed by atoms with Crippen molar-refractivity contribution in [2.45, 2.75) is 6.54 Å². The van der Waals surface area contributed by atoms with E-state index in [2.05, 4.69) is 31.4 Å². The van der Waals surface area contributed by atoms with Crippen LogP contribution in [0.5, 0.6) is 0 Å². The fourth-order valence-electron chi connectivity index (χ4n) is 1.42. The lowest BCUT2D eigenvalue weighted by molar-refractivity contribution is 0.0950. The molecule has 0 spiro atoms. The number of nitrogens with zero attached hydrogens (tertiary/aromatic N) is 2. The van der Waals surface area contributed by atoms with E-state index in [0.717, 1.165) is 10.0 Å². The van der Waals surface area contributed by atoms with Gasteiger partial charge >= 0.3 is 0 Å². The maximum Gasteiger partial charge on any atom is 0.254 e. The molecule has 0 fully saturated rings. The Hall–Kier alpha value is -1.17. The molecule has 0 atom stereocenters. The second-order valence-corrected chi connectivity index (χ2v) is 5.25. The Bertz CT molecular complexity index is 622. The van der Waals surface area contributed by atoms with Crippen LogP contribution in [-0.4, -0.2) is 16.1 Å². The van der Waals surface area contributed by atoms with Crippen molar-refractivity contribution in [1.29, 1.82) is 0 Å². The molecule has 4 nitrogen and oxygen atoms in total. The standard InChI is InChI=1S/C12H8BrCl2N3O/c13-9-4-2-1-3-7(9)6-16-12(19)8-5-10(14)17-18-11(8)15/h1-5H,6H2,(H,16,19). The fourth-order valence-corrected chi connectivity index (χ4v) is 2.17. The van der Waals surface area contributed by atoms with Gasteiger partial charge in [-0.05, 0) is 17.7 Å². The summed E-state index contributed by atoms with van der Waals surface area (Å²) < 4.78 is 0.923. The molecule has 2 rings (SSSR count). The van der Waals surface area contributed by atoms with Crippen LogP contribution in [0.1, 0.15) is 15.9 Å². The molecule has 1 amide bonds. The number of aromatic nitrogens is 2. The number of hydrogen-bond donors (Lipinski definition) is 1. The second kappa shape index (κ2) is 6.32. The molecule has 0 bridgehead atoms. The van der Waals surface area contributed by atoms with E-state index >= 15 is 0 Å². The number of hydrogen-bond acceptors (Lipinski definition) is 3. The largest absolute Gasteiger partial charge is 0.348 e. The van der Waals surface area contributed by atoms with E-state index in [1.165, 1.54) is 6.07 Å². The first-order valence-electron chi connectivity index (χ1n) is 5.28. The summed E-state index contributed by atoms with van der Waals surface area (Å²) in [6.07, 6.45) is 0. The van der Waals surface area contributed by atoms with Gasteiger partial charge in [0.05, 0.1) is 5.56 Å². The van der Waals surface area contributed by atoms with Gasteiger partial charge in [-0.3, -0.25) is 4.79 Å². The van der Waals surface area contributed by atoms with Crippen LogP contribution in [0.25, 0.3) is 0 Å². The molecular formula is C12H8BrCl2N3O. The van der Waals surface area contributed by atoms with E-state index in [1.54, 1.807) is 0 Å². The van der Waals surface area contributed by atoms with Gasteiger partial charge in [-0.25, -0.2) is 0 Å². The molecule has 1 N–H and O–H groups in total. The Morgan fingerprint density at radius 2 is 2.00 bits per heavy atom. The van der Waals surface area contributed by atoms with Gasteiger partial charge < -0.3 is 5.32 Å². The van der Waals surface area contributed by atoms with Gasteiger partial charge in [-0.2, -0.15) is 0 Å². The topological polar surface area (TPSA) is 54.9 Å². The van der Waals surface area contributed by atoms with Gasteiger partial charge in [-0.1, -0.05) is 57.3 Å². The number of benzene rings is 1. The number of nitrogens with one attached hydrogen (secondary N) is 1. The average molecular weight is 361 g/mol. The van der Waals surface area contributed by atoms with Crippen LogP contribution in [-0.2, 0) is 6.54 Å². The molecule has 7 heteroatoms. The number of carbonyl (C=O) groups excluding carboxylic acids is 1. The molecule has 0 aliphatic heterocycles. The van der Waals surface area contributed by atoms with Crippen LogP contribution in [0.15, 0.2) is 34.8 Å². The lowest BCUT2D eigenvalue weighted by atomic mass is 10.2. The van der Waals surface area contributed by atoms with Crippen LogP contribution in [0.2, 0.25) is 10.3 Å². The minimum atomic E-state index is -0.349. The van der Waals surface area contributed by atoms with Gasteiger partial charge in [0.2, 0.25) is 0 Å². The third kappa shape index (κ3) is 3.65. The molecule has 0 radical (unpaired) electrons. The summed E-state index contributed by atoms with van der Waals surface area (Å²) in [5.41, 5.74) is 1.16. The first-order chi connectivity index (χ1) is 9.08. The Morgan fingerprint density at radius 1 is 1.26 bits per heavy atom. The van der Waals surface area contributed by atoms with Crippen molar-refractivity contribution in [1.82, 2.24) is 15.5 Å². The Morgan fingerprint density at radius 3 is 2.74 bits per heavy atom. The highest BCUT2D eigenvalue weighted by Crippen LogP contribution is 2.17. The Balaban J connectivity index is 2.10. The molecule has 2 aromatic rings. The number of carbonyl (C=O) groups is 1. The molecule has 0 aliphatic rings. The van der Waals surface area contributed by atoms with Gasteiger partial charge in [-0.15, -0.1) is 10.2 Å². The first kappa shape index (κ1) is 14.2. The Kier molecular flexibility index (Phi) is 4.74. The average Bonchev–Trinajstić information content (AvgIpc) is 2.40. The molecule has 1 aromatic heterocycles. The van der Waals surface area contributed by atoms with E-state index in [1.807, 2.05) is 24.3 Å². The van der Waals surface area contributed by atoms with Gasteiger partial charge in [0, 0.05) is 11.0 Å². The van der Waals surface area contributed by atoms with Crippen molar-refractivity contribution in [3.63, 3.8) is 0 Å². The van der Waals surface area contributed by atoms with Crippen LogP contribution < -0.4 is 5.32 Å². The molecule has 1 aromatic carbocycles. The van der Waals surface area contributed by atoms with Crippen LogP contribution in [0, 0.1) is 0 Å².